The summed E-state index contributed by atoms with van der Waals surface area (Å²) in [5.74, 6) is 0. The Balaban J connectivity index is 7.12. The van der Waals surface area contributed by atoms with E-state index in [9.17, 15) is 50.5 Å². The standard InChI is InChI=1S/C6H14O24S6/c7-31(8,9)25-1-3(27-33(13,14)15)5(29-35(19,20)21)6(30-36(22,23)24)4(28-34(16,17)18)2-26-32(10,11)12/h3-6H,1-2H2,(H,7,8,9)(H,10,11,12)(H,13,14,15)(H,16,17,18)(H,19,20,21)(H,22,23,24). The number of rotatable bonds is 17. The molecule has 0 aliphatic heterocycles. The molecule has 0 fully saturated rings. The maximum atomic E-state index is 11.2. The molecule has 30 heteroatoms. The lowest BCUT2D eigenvalue weighted by Gasteiger charge is -2.32. The molecule has 0 rings (SSSR count). The fourth-order valence-corrected chi connectivity index (χ4v) is 4.51. The summed E-state index contributed by atoms with van der Waals surface area (Å²) in [6.45, 7) is -4.11. The minimum Gasteiger partial charge on any atom is -0.264 e. The van der Waals surface area contributed by atoms with E-state index in [0.717, 1.165) is 0 Å². The second kappa shape index (κ2) is 12.4. The van der Waals surface area contributed by atoms with Gasteiger partial charge in [0.1, 0.15) is 24.4 Å². The van der Waals surface area contributed by atoms with Crippen LogP contribution in [-0.4, -0.2) is 115 Å². The third kappa shape index (κ3) is 18.5. The van der Waals surface area contributed by atoms with Crippen LogP contribution in [-0.2, 0) is 87.5 Å². The Labute approximate surface area is 202 Å². The second-order valence-corrected chi connectivity index (χ2v) is 11.9. The van der Waals surface area contributed by atoms with E-state index in [2.05, 4.69) is 25.1 Å². The van der Waals surface area contributed by atoms with Gasteiger partial charge in [-0.3, -0.25) is 27.3 Å². The zero-order chi connectivity index (χ0) is 29.0. The first kappa shape index (κ1) is 35.2. The van der Waals surface area contributed by atoms with Gasteiger partial charge in [-0.2, -0.15) is 50.5 Å². The molecule has 4 atom stereocenters. The highest BCUT2D eigenvalue weighted by molar-refractivity contribution is 7.82. The van der Waals surface area contributed by atoms with Crippen molar-refractivity contribution in [1.29, 1.82) is 0 Å². The van der Waals surface area contributed by atoms with Gasteiger partial charge < -0.3 is 0 Å². The molecule has 6 N–H and O–H groups in total. The van der Waals surface area contributed by atoms with Crippen LogP contribution in [0, 0.1) is 0 Å². The summed E-state index contributed by atoms with van der Waals surface area (Å²) in [7, 11) is -35.2. The molecule has 0 bridgehead atoms. The Kier molecular flexibility index (Phi) is 12.1. The number of hydrogen-bond acceptors (Lipinski definition) is 18. The summed E-state index contributed by atoms with van der Waals surface area (Å²) in [4.78, 5) is 0. The lowest BCUT2D eigenvalue weighted by molar-refractivity contribution is -0.0871. The van der Waals surface area contributed by atoms with Crippen molar-refractivity contribution in [1.82, 2.24) is 0 Å². The van der Waals surface area contributed by atoms with Gasteiger partial charge in [0.25, 0.3) is 0 Å². The average molecular weight is 663 g/mol. The van der Waals surface area contributed by atoms with Crippen LogP contribution in [0.1, 0.15) is 0 Å². The van der Waals surface area contributed by atoms with Crippen LogP contribution in [0.25, 0.3) is 0 Å². The van der Waals surface area contributed by atoms with Crippen molar-refractivity contribution < 1.29 is 103 Å². The zero-order valence-electron chi connectivity index (χ0n) is 16.2. The minimum atomic E-state index is -6.06. The summed E-state index contributed by atoms with van der Waals surface area (Å²) >= 11 is 0. The van der Waals surface area contributed by atoms with Crippen molar-refractivity contribution in [2.45, 2.75) is 24.4 Å². The quantitative estimate of drug-likeness (QED) is 0.0797. The van der Waals surface area contributed by atoms with Gasteiger partial charge in [-0.1, -0.05) is 0 Å². The Morgan fingerprint density at radius 3 is 0.778 bits per heavy atom. The van der Waals surface area contributed by atoms with Crippen LogP contribution in [0.3, 0.4) is 0 Å². The van der Waals surface area contributed by atoms with E-state index in [-0.39, 0.29) is 0 Å². The summed E-state index contributed by atoms with van der Waals surface area (Å²) in [5, 5.41) is 0. The Hall–Kier alpha value is -0.780. The van der Waals surface area contributed by atoms with Crippen LogP contribution in [0.4, 0.5) is 0 Å². The third-order valence-corrected chi connectivity index (χ3v) is 5.55. The summed E-state index contributed by atoms with van der Waals surface area (Å²) in [6.07, 6.45) is -13.2. The Morgan fingerprint density at radius 2 is 0.611 bits per heavy atom. The highest BCUT2D eigenvalue weighted by atomic mass is 32.3. The zero-order valence-corrected chi connectivity index (χ0v) is 21.1. The third-order valence-electron chi connectivity index (χ3n) is 2.77. The van der Waals surface area contributed by atoms with Gasteiger partial charge in [-0.15, -0.1) is 0 Å². The van der Waals surface area contributed by atoms with E-state index >= 15 is 0 Å². The first-order chi connectivity index (χ1) is 15.6. The molecule has 0 saturated carbocycles. The monoisotopic (exact) mass is 662 g/mol. The van der Waals surface area contributed by atoms with Crippen molar-refractivity contribution >= 4 is 62.4 Å². The summed E-state index contributed by atoms with van der Waals surface area (Å²) in [6, 6.07) is 0. The van der Waals surface area contributed by atoms with Crippen molar-refractivity contribution in [2.24, 2.45) is 0 Å². The fourth-order valence-electron chi connectivity index (χ4n) is 1.91. The highest BCUT2D eigenvalue weighted by Crippen LogP contribution is 2.24. The van der Waals surface area contributed by atoms with Crippen molar-refractivity contribution in [3.63, 3.8) is 0 Å². The van der Waals surface area contributed by atoms with E-state index in [1.54, 1.807) is 0 Å². The molecular weight excluding hydrogens is 648 g/mol. The minimum absolute atomic E-state index is 2.05. The molecule has 0 amide bonds. The maximum absolute atomic E-state index is 11.2. The van der Waals surface area contributed by atoms with Crippen LogP contribution in [0.2, 0.25) is 0 Å². The predicted octanol–water partition coefficient (Wildman–Crippen LogP) is -4.62. The lowest BCUT2D eigenvalue weighted by Crippen LogP contribution is -2.54. The molecule has 218 valence electrons. The van der Waals surface area contributed by atoms with Crippen LogP contribution in [0.5, 0.6) is 0 Å². The molecule has 0 aromatic rings. The predicted molar refractivity (Wildman–Crippen MR) is 101 cm³/mol. The molecule has 4 unspecified atom stereocenters. The molecule has 0 heterocycles. The second-order valence-electron chi connectivity index (χ2n) is 5.53. The molecule has 0 saturated heterocycles. The first-order valence-electron chi connectivity index (χ1n) is 7.43. The Morgan fingerprint density at radius 1 is 0.389 bits per heavy atom. The van der Waals surface area contributed by atoms with E-state index in [0.29, 0.717) is 0 Å². The summed E-state index contributed by atoms with van der Waals surface area (Å²) < 4.78 is 207. The number of hydrogen-bond donors (Lipinski definition) is 6. The van der Waals surface area contributed by atoms with Crippen LogP contribution in [0.15, 0.2) is 0 Å². The molecule has 0 aliphatic rings. The van der Waals surface area contributed by atoms with Gasteiger partial charge in [-0.25, -0.2) is 25.1 Å². The van der Waals surface area contributed by atoms with Gasteiger partial charge >= 0.3 is 62.4 Å². The van der Waals surface area contributed by atoms with Gasteiger partial charge in [0.2, 0.25) is 0 Å². The molecule has 36 heavy (non-hydrogen) atoms. The van der Waals surface area contributed by atoms with E-state index < -0.39 is 100 Å². The van der Waals surface area contributed by atoms with E-state index in [1.807, 2.05) is 0 Å². The normalized spacial score (nSPS) is 17.8. The van der Waals surface area contributed by atoms with Gasteiger partial charge in [0, 0.05) is 0 Å². The fraction of sp³-hybridized carbons (Fsp3) is 1.00. The van der Waals surface area contributed by atoms with Gasteiger partial charge in [0.05, 0.1) is 13.2 Å². The molecule has 0 aromatic carbocycles. The SMILES string of the molecule is O=S(=O)(O)OCC(OS(=O)(=O)O)C(OS(=O)(=O)O)C(OS(=O)(=O)O)C(COS(=O)(=O)O)OS(=O)(=O)O. The average Bonchev–Trinajstić information content (AvgIpc) is 2.53. The summed E-state index contributed by atoms with van der Waals surface area (Å²) in [5.41, 5.74) is 0. The largest absolute Gasteiger partial charge is 0.397 e. The van der Waals surface area contributed by atoms with Crippen molar-refractivity contribution in [3.8, 4) is 0 Å². The van der Waals surface area contributed by atoms with Gasteiger partial charge in [0.15, 0.2) is 0 Å². The van der Waals surface area contributed by atoms with Crippen LogP contribution < -0.4 is 0 Å². The first-order valence-corrected chi connectivity index (χ1v) is 15.6. The molecule has 0 aromatic heterocycles. The Bertz CT molecular complexity index is 1270. The van der Waals surface area contributed by atoms with E-state index in [4.69, 9.17) is 27.3 Å². The molecule has 0 radical (unpaired) electrons. The molecule has 0 aliphatic carbocycles. The smallest absolute Gasteiger partial charge is 0.264 e. The topological polar surface area (TPSA) is 382 Å². The molecular formula is C6H14O24S6. The lowest BCUT2D eigenvalue weighted by atomic mass is 10.0. The highest BCUT2D eigenvalue weighted by Gasteiger charge is 2.47. The van der Waals surface area contributed by atoms with Crippen LogP contribution >= 0.6 is 0 Å². The van der Waals surface area contributed by atoms with Crippen molar-refractivity contribution in [2.75, 3.05) is 13.2 Å². The molecule has 24 nitrogen and oxygen atoms in total. The van der Waals surface area contributed by atoms with Gasteiger partial charge in [-0.05, 0) is 0 Å². The van der Waals surface area contributed by atoms with E-state index in [1.165, 1.54) is 0 Å². The molecule has 0 spiro atoms. The van der Waals surface area contributed by atoms with Crippen molar-refractivity contribution in [3.05, 3.63) is 0 Å². The maximum Gasteiger partial charge on any atom is 0.397 e.